The minimum absolute atomic E-state index is 0.138. The molecule has 0 aliphatic carbocycles. The van der Waals surface area contributed by atoms with Crippen molar-refractivity contribution in [3.8, 4) is 0 Å². The van der Waals surface area contributed by atoms with E-state index in [-0.39, 0.29) is 6.03 Å². The highest BCUT2D eigenvalue weighted by atomic mass is 16.5. The van der Waals surface area contributed by atoms with Crippen LogP contribution in [0.5, 0.6) is 0 Å². The average Bonchev–Trinajstić information content (AvgIpc) is 2.40. The number of urea groups is 1. The summed E-state index contributed by atoms with van der Waals surface area (Å²) < 4.78 is 5.37. The maximum Gasteiger partial charge on any atom is 0.319 e. The van der Waals surface area contributed by atoms with Crippen molar-refractivity contribution < 1.29 is 9.53 Å². The molecular formula is C13H25N3O2. The Balaban J connectivity index is 1.71. The molecule has 5 nitrogen and oxygen atoms in total. The molecule has 2 aliphatic heterocycles. The van der Waals surface area contributed by atoms with Gasteiger partial charge < -0.3 is 19.9 Å². The summed E-state index contributed by atoms with van der Waals surface area (Å²) in [5, 5.41) is 3.71. The Labute approximate surface area is 109 Å². The van der Waals surface area contributed by atoms with Crippen LogP contribution in [0.15, 0.2) is 0 Å². The minimum atomic E-state index is 0.138. The molecule has 2 amide bonds. The molecule has 5 heteroatoms. The van der Waals surface area contributed by atoms with Crippen LogP contribution in [0.4, 0.5) is 4.79 Å². The van der Waals surface area contributed by atoms with Gasteiger partial charge in [-0.3, -0.25) is 0 Å². The lowest BCUT2D eigenvalue weighted by Crippen LogP contribution is -2.50. The van der Waals surface area contributed by atoms with Crippen LogP contribution in [-0.2, 0) is 4.74 Å². The molecule has 0 unspecified atom stereocenters. The van der Waals surface area contributed by atoms with Crippen molar-refractivity contribution in [1.29, 1.82) is 0 Å². The van der Waals surface area contributed by atoms with Crippen LogP contribution in [-0.4, -0.2) is 68.3 Å². The van der Waals surface area contributed by atoms with E-state index in [1.54, 1.807) is 4.90 Å². The molecule has 0 aromatic heterocycles. The van der Waals surface area contributed by atoms with Gasteiger partial charge in [0.15, 0.2) is 0 Å². The smallest absolute Gasteiger partial charge is 0.319 e. The van der Waals surface area contributed by atoms with Crippen LogP contribution in [0.25, 0.3) is 0 Å². The highest BCUT2D eigenvalue weighted by Crippen LogP contribution is 2.15. The second kappa shape index (κ2) is 6.38. The average molecular weight is 255 g/mol. The highest BCUT2D eigenvalue weighted by Gasteiger charge is 2.25. The number of likely N-dealkylation sites (tertiary alicyclic amines) is 1. The van der Waals surface area contributed by atoms with E-state index < -0.39 is 0 Å². The normalized spacial score (nSPS) is 23.1. The molecule has 0 aromatic carbocycles. The van der Waals surface area contributed by atoms with Crippen LogP contribution >= 0.6 is 0 Å². The molecule has 0 spiro atoms. The summed E-state index contributed by atoms with van der Waals surface area (Å²) in [5.74, 6) is 0. The van der Waals surface area contributed by atoms with Crippen molar-refractivity contribution in [2.24, 2.45) is 0 Å². The summed E-state index contributed by atoms with van der Waals surface area (Å²) in [7, 11) is 3.63. The van der Waals surface area contributed by atoms with Gasteiger partial charge in [0.05, 0.1) is 0 Å². The van der Waals surface area contributed by atoms with Crippen molar-refractivity contribution in [2.75, 3.05) is 40.4 Å². The van der Waals surface area contributed by atoms with Gasteiger partial charge in [-0.1, -0.05) is 0 Å². The summed E-state index contributed by atoms with van der Waals surface area (Å²) in [4.78, 5) is 15.4. The fourth-order valence-electron chi connectivity index (χ4n) is 2.72. The zero-order valence-electron chi connectivity index (χ0n) is 11.5. The lowest BCUT2D eigenvalue weighted by Gasteiger charge is -2.36. The Hall–Kier alpha value is -0.810. The second-order valence-electron chi connectivity index (χ2n) is 5.49. The minimum Gasteiger partial charge on any atom is -0.381 e. The molecule has 2 heterocycles. The van der Waals surface area contributed by atoms with E-state index in [0.717, 1.165) is 52.0 Å². The van der Waals surface area contributed by atoms with E-state index in [2.05, 4.69) is 5.32 Å². The maximum absolute atomic E-state index is 11.8. The van der Waals surface area contributed by atoms with Crippen LogP contribution in [0.2, 0.25) is 0 Å². The third kappa shape index (κ3) is 3.59. The summed E-state index contributed by atoms with van der Waals surface area (Å²) in [6, 6.07) is 1.32. The number of nitrogens with zero attached hydrogens (tertiary/aromatic N) is 2. The molecule has 2 aliphatic rings. The molecular weight excluding hydrogens is 230 g/mol. The number of nitrogens with one attached hydrogen (secondary N) is 1. The van der Waals surface area contributed by atoms with Crippen molar-refractivity contribution in [1.82, 2.24) is 15.1 Å². The zero-order chi connectivity index (χ0) is 13.0. The SMILES string of the molecule is CN(C)C(=O)N1CCC(NC2CCOCC2)CC1. The van der Waals surface area contributed by atoms with E-state index >= 15 is 0 Å². The van der Waals surface area contributed by atoms with Gasteiger partial charge in [0.1, 0.15) is 0 Å². The largest absolute Gasteiger partial charge is 0.381 e. The number of hydrogen-bond acceptors (Lipinski definition) is 3. The molecule has 0 atom stereocenters. The van der Waals surface area contributed by atoms with E-state index in [9.17, 15) is 4.79 Å². The van der Waals surface area contributed by atoms with Gasteiger partial charge in [0.2, 0.25) is 0 Å². The molecule has 0 radical (unpaired) electrons. The van der Waals surface area contributed by atoms with Gasteiger partial charge in [0, 0.05) is 52.5 Å². The Kier molecular flexibility index (Phi) is 4.83. The highest BCUT2D eigenvalue weighted by molar-refractivity contribution is 5.73. The van der Waals surface area contributed by atoms with Crippen molar-refractivity contribution in [3.63, 3.8) is 0 Å². The Morgan fingerprint density at radius 2 is 1.67 bits per heavy atom. The number of carbonyl (C=O) groups is 1. The first kappa shape index (κ1) is 13.6. The molecule has 2 rings (SSSR count). The van der Waals surface area contributed by atoms with Crippen molar-refractivity contribution in [3.05, 3.63) is 0 Å². The first-order chi connectivity index (χ1) is 8.66. The van der Waals surface area contributed by atoms with Crippen LogP contribution < -0.4 is 5.32 Å². The first-order valence-corrected chi connectivity index (χ1v) is 6.97. The Morgan fingerprint density at radius 3 is 2.22 bits per heavy atom. The Bertz CT molecular complexity index is 269. The summed E-state index contributed by atoms with van der Waals surface area (Å²) >= 11 is 0. The number of hydrogen-bond donors (Lipinski definition) is 1. The molecule has 2 fully saturated rings. The number of rotatable bonds is 2. The molecule has 104 valence electrons. The quantitative estimate of drug-likeness (QED) is 0.797. The van der Waals surface area contributed by atoms with Gasteiger partial charge in [0.25, 0.3) is 0 Å². The zero-order valence-corrected chi connectivity index (χ0v) is 11.5. The number of carbonyl (C=O) groups excluding carboxylic acids is 1. The monoisotopic (exact) mass is 255 g/mol. The summed E-state index contributed by atoms with van der Waals surface area (Å²) in [6.07, 6.45) is 4.38. The predicted octanol–water partition coefficient (Wildman–Crippen LogP) is 0.901. The number of piperidine rings is 1. The third-order valence-corrected chi connectivity index (χ3v) is 3.84. The molecule has 0 bridgehead atoms. The van der Waals surface area contributed by atoms with Gasteiger partial charge >= 0.3 is 6.03 Å². The maximum atomic E-state index is 11.8. The van der Waals surface area contributed by atoms with Crippen LogP contribution in [0.1, 0.15) is 25.7 Å². The summed E-state index contributed by atoms with van der Waals surface area (Å²) in [6.45, 7) is 3.51. The second-order valence-corrected chi connectivity index (χ2v) is 5.49. The van der Waals surface area contributed by atoms with Gasteiger partial charge in [-0.25, -0.2) is 4.79 Å². The van der Waals surface area contributed by atoms with Gasteiger partial charge in [-0.2, -0.15) is 0 Å². The molecule has 1 N–H and O–H groups in total. The fraction of sp³-hybridized carbons (Fsp3) is 0.923. The first-order valence-electron chi connectivity index (χ1n) is 6.97. The van der Waals surface area contributed by atoms with Gasteiger partial charge in [-0.05, 0) is 25.7 Å². The van der Waals surface area contributed by atoms with Crippen molar-refractivity contribution >= 4 is 6.03 Å². The topological polar surface area (TPSA) is 44.8 Å². The van der Waals surface area contributed by atoms with E-state index in [0.29, 0.717) is 12.1 Å². The molecule has 2 saturated heterocycles. The van der Waals surface area contributed by atoms with E-state index in [1.165, 1.54) is 0 Å². The van der Waals surface area contributed by atoms with E-state index in [1.807, 2.05) is 19.0 Å². The van der Waals surface area contributed by atoms with E-state index in [4.69, 9.17) is 4.74 Å². The van der Waals surface area contributed by atoms with Crippen LogP contribution in [0, 0.1) is 0 Å². The predicted molar refractivity (Wildman–Crippen MR) is 70.7 cm³/mol. The Morgan fingerprint density at radius 1 is 1.11 bits per heavy atom. The number of ether oxygens (including phenoxy) is 1. The summed E-state index contributed by atoms with van der Waals surface area (Å²) in [5.41, 5.74) is 0. The standard InChI is InChI=1S/C13H25N3O2/c1-15(2)13(17)16-7-3-11(4-8-16)14-12-5-9-18-10-6-12/h11-12,14H,3-10H2,1-2H3. The molecule has 18 heavy (non-hydrogen) atoms. The van der Waals surface area contributed by atoms with Crippen LogP contribution in [0.3, 0.4) is 0 Å². The lowest BCUT2D eigenvalue weighted by atomic mass is 10.0. The fourth-order valence-corrected chi connectivity index (χ4v) is 2.72. The molecule has 0 aromatic rings. The number of amides is 2. The molecule has 0 saturated carbocycles. The lowest BCUT2D eigenvalue weighted by molar-refractivity contribution is 0.0711. The third-order valence-electron chi connectivity index (χ3n) is 3.84. The van der Waals surface area contributed by atoms with Gasteiger partial charge in [-0.15, -0.1) is 0 Å². The van der Waals surface area contributed by atoms with Crippen molar-refractivity contribution in [2.45, 2.75) is 37.8 Å².